The minimum atomic E-state index is -3.97. The quantitative estimate of drug-likeness (QED) is 0.247. The number of carbonyl (C=O) groups excluding carboxylic acids is 1. The normalized spacial score (nSPS) is 11.8. The number of rotatable bonds is 11. The molecule has 0 unspecified atom stereocenters. The lowest BCUT2D eigenvalue weighted by Crippen LogP contribution is -2.29. The third-order valence-corrected chi connectivity index (χ3v) is 6.81. The van der Waals surface area contributed by atoms with Crippen molar-refractivity contribution in [1.82, 2.24) is 10.0 Å². The number of benzene rings is 1. The standard InChI is InChI=1S/C16H27N3O6SSi/c1-27(2,3)13-12-25-16(20)17-10-6-7-11-18-26(23,24)15-9-5-4-8-14(15)19(21)22/h4-5,8-9,18H,6-7,10-13H2,1-3H3,(H,17,20). The van der Waals surface area contributed by atoms with Crippen molar-refractivity contribution in [3.8, 4) is 0 Å². The zero-order chi connectivity index (χ0) is 20.5. The van der Waals surface area contributed by atoms with Gasteiger partial charge in [0.2, 0.25) is 10.0 Å². The Labute approximate surface area is 160 Å². The van der Waals surface area contributed by atoms with Crippen LogP contribution in [-0.2, 0) is 14.8 Å². The monoisotopic (exact) mass is 417 g/mol. The number of hydrogen-bond donors (Lipinski definition) is 2. The number of ether oxygens (including phenoxy) is 1. The second kappa shape index (κ2) is 10.4. The van der Waals surface area contributed by atoms with Crippen LogP contribution in [0.25, 0.3) is 0 Å². The molecule has 11 heteroatoms. The van der Waals surface area contributed by atoms with Gasteiger partial charge in [-0.3, -0.25) is 10.1 Å². The molecule has 0 aliphatic carbocycles. The Morgan fingerprint density at radius 1 is 1.19 bits per heavy atom. The lowest BCUT2D eigenvalue weighted by Gasteiger charge is -2.15. The first-order chi connectivity index (χ1) is 12.5. The highest BCUT2D eigenvalue weighted by atomic mass is 32.2. The average molecular weight is 418 g/mol. The molecule has 0 aliphatic heterocycles. The molecule has 2 N–H and O–H groups in total. The molecule has 152 valence electrons. The molecule has 1 amide bonds. The maximum absolute atomic E-state index is 12.2. The summed E-state index contributed by atoms with van der Waals surface area (Å²) in [6, 6.07) is 6.07. The molecule has 0 spiro atoms. The number of nitrogens with one attached hydrogen (secondary N) is 2. The fourth-order valence-electron chi connectivity index (χ4n) is 2.06. The number of sulfonamides is 1. The van der Waals surface area contributed by atoms with Gasteiger partial charge in [0.15, 0.2) is 4.90 Å². The summed E-state index contributed by atoms with van der Waals surface area (Å²) in [7, 11) is -5.21. The van der Waals surface area contributed by atoms with Crippen molar-refractivity contribution in [2.24, 2.45) is 0 Å². The fourth-order valence-corrected chi connectivity index (χ4v) is 4.02. The summed E-state index contributed by atoms with van der Waals surface area (Å²) >= 11 is 0. The third kappa shape index (κ3) is 8.97. The van der Waals surface area contributed by atoms with Crippen molar-refractivity contribution in [2.75, 3.05) is 19.7 Å². The first-order valence-corrected chi connectivity index (χ1v) is 13.9. The topological polar surface area (TPSA) is 128 Å². The minimum Gasteiger partial charge on any atom is -0.450 e. The first kappa shape index (κ1) is 23.1. The summed E-state index contributed by atoms with van der Waals surface area (Å²) in [5.41, 5.74) is -0.465. The van der Waals surface area contributed by atoms with Gasteiger partial charge in [-0.15, -0.1) is 0 Å². The lowest BCUT2D eigenvalue weighted by atomic mass is 10.3. The first-order valence-electron chi connectivity index (χ1n) is 8.67. The molecule has 9 nitrogen and oxygen atoms in total. The molecule has 1 rings (SSSR count). The summed E-state index contributed by atoms with van der Waals surface area (Å²) in [5, 5.41) is 13.6. The molecule has 0 saturated carbocycles. The third-order valence-electron chi connectivity index (χ3n) is 3.60. The van der Waals surface area contributed by atoms with Gasteiger partial charge in [0.05, 0.1) is 11.5 Å². The molecule has 1 aromatic rings. The molecule has 0 fully saturated rings. The number of unbranched alkanes of at least 4 members (excludes halogenated alkanes) is 1. The van der Waals surface area contributed by atoms with Gasteiger partial charge in [0.25, 0.3) is 5.69 Å². The van der Waals surface area contributed by atoms with Gasteiger partial charge >= 0.3 is 6.09 Å². The van der Waals surface area contributed by atoms with Crippen LogP contribution in [0.15, 0.2) is 29.2 Å². The van der Waals surface area contributed by atoms with E-state index in [1.807, 2.05) is 0 Å². The number of hydrogen-bond acceptors (Lipinski definition) is 6. The van der Waals surface area contributed by atoms with Crippen molar-refractivity contribution >= 4 is 29.9 Å². The van der Waals surface area contributed by atoms with E-state index in [9.17, 15) is 23.3 Å². The molecular formula is C16H27N3O6SSi. The van der Waals surface area contributed by atoms with Gasteiger partial charge in [0, 0.05) is 27.2 Å². The van der Waals surface area contributed by atoms with Crippen molar-refractivity contribution < 1.29 is 22.9 Å². The Hall–Kier alpha value is -1.98. The number of carbonyl (C=O) groups is 1. The van der Waals surface area contributed by atoms with E-state index in [2.05, 4.69) is 29.7 Å². The minimum absolute atomic E-state index is 0.112. The van der Waals surface area contributed by atoms with Crippen LogP contribution in [0.4, 0.5) is 10.5 Å². The second-order valence-electron chi connectivity index (χ2n) is 7.20. The van der Waals surface area contributed by atoms with Crippen LogP contribution >= 0.6 is 0 Å². The van der Waals surface area contributed by atoms with E-state index in [1.54, 1.807) is 0 Å². The van der Waals surface area contributed by atoms with Gasteiger partial charge in [0.1, 0.15) is 0 Å². The van der Waals surface area contributed by atoms with E-state index in [4.69, 9.17) is 4.74 Å². The highest BCUT2D eigenvalue weighted by molar-refractivity contribution is 7.89. The molecule has 27 heavy (non-hydrogen) atoms. The number of alkyl carbamates (subject to hydrolysis) is 1. The van der Waals surface area contributed by atoms with Crippen molar-refractivity contribution in [3.05, 3.63) is 34.4 Å². The lowest BCUT2D eigenvalue weighted by molar-refractivity contribution is -0.387. The van der Waals surface area contributed by atoms with Crippen LogP contribution < -0.4 is 10.0 Å². The van der Waals surface area contributed by atoms with E-state index in [1.165, 1.54) is 18.2 Å². The second-order valence-corrected chi connectivity index (χ2v) is 14.6. The SMILES string of the molecule is C[Si](C)(C)CCOC(=O)NCCCCNS(=O)(=O)c1ccccc1[N+](=O)[O-]. The predicted octanol–water partition coefficient (Wildman–Crippen LogP) is 2.72. The predicted molar refractivity (Wildman–Crippen MR) is 105 cm³/mol. The number of nitro groups is 1. The van der Waals surface area contributed by atoms with Gasteiger partial charge in [-0.25, -0.2) is 17.9 Å². The van der Waals surface area contributed by atoms with Crippen LogP contribution in [-0.4, -0.2) is 47.2 Å². The highest BCUT2D eigenvalue weighted by Gasteiger charge is 2.24. The van der Waals surface area contributed by atoms with Crippen molar-refractivity contribution in [1.29, 1.82) is 0 Å². The average Bonchev–Trinajstić information content (AvgIpc) is 2.56. The molecule has 0 heterocycles. The molecule has 0 saturated heterocycles. The maximum Gasteiger partial charge on any atom is 0.407 e. The van der Waals surface area contributed by atoms with E-state index in [0.29, 0.717) is 26.0 Å². The van der Waals surface area contributed by atoms with Crippen molar-refractivity contribution in [3.63, 3.8) is 0 Å². The Morgan fingerprint density at radius 3 is 2.44 bits per heavy atom. The molecule has 0 aromatic heterocycles. The largest absolute Gasteiger partial charge is 0.450 e. The maximum atomic E-state index is 12.2. The molecule has 0 atom stereocenters. The number of amides is 1. The van der Waals surface area contributed by atoms with Gasteiger partial charge in [-0.2, -0.15) is 0 Å². The zero-order valence-corrected chi connectivity index (χ0v) is 17.7. The van der Waals surface area contributed by atoms with E-state index in [0.717, 1.165) is 12.1 Å². The Bertz CT molecular complexity index is 749. The van der Waals surface area contributed by atoms with Crippen molar-refractivity contribution in [2.45, 2.75) is 43.4 Å². The smallest absolute Gasteiger partial charge is 0.407 e. The Balaban J connectivity index is 2.30. The molecule has 0 radical (unpaired) electrons. The van der Waals surface area contributed by atoms with Crippen LogP contribution in [0.1, 0.15) is 12.8 Å². The molecule has 1 aromatic carbocycles. The van der Waals surface area contributed by atoms with Crippen LogP contribution in [0, 0.1) is 10.1 Å². The van der Waals surface area contributed by atoms with E-state index in [-0.39, 0.29) is 11.4 Å². The Kier molecular flexibility index (Phi) is 8.86. The number of nitro benzene ring substituents is 1. The van der Waals surface area contributed by atoms with Gasteiger partial charge < -0.3 is 10.1 Å². The van der Waals surface area contributed by atoms with E-state index >= 15 is 0 Å². The number of nitrogens with zero attached hydrogens (tertiary/aromatic N) is 1. The number of para-hydroxylation sites is 1. The Morgan fingerprint density at radius 2 is 1.81 bits per heavy atom. The summed E-state index contributed by atoms with van der Waals surface area (Å²) in [4.78, 5) is 21.4. The summed E-state index contributed by atoms with van der Waals surface area (Å²) in [6.07, 6.45) is 0.533. The molecular weight excluding hydrogens is 390 g/mol. The fraction of sp³-hybridized carbons (Fsp3) is 0.562. The van der Waals surface area contributed by atoms with Crippen LogP contribution in [0.5, 0.6) is 0 Å². The summed E-state index contributed by atoms with van der Waals surface area (Å²) in [6.45, 7) is 7.45. The summed E-state index contributed by atoms with van der Waals surface area (Å²) in [5.74, 6) is 0. The molecule has 0 bridgehead atoms. The van der Waals surface area contributed by atoms with Gasteiger partial charge in [-0.1, -0.05) is 31.8 Å². The van der Waals surface area contributed by atoms with Crippen LogP contribution in [0.3, 0.4) is 0 Å². The molecule has 0 aliphatic rings. The van der Waals surface area contributed by atoms with Gasteiger partial charge in [-0.05, 0) is 25.0 Å². The summed E-state index contributed by atoms with van der Waals surface area (Å²) < 4.78 is 31.8. The van der Waals surface area contributed by atoms with E-state index < -0.39 is 34.8 Å². The van der Waals surface area contributed by atoms with Crippen LogP contribution in [0.2, 0.25) is 25.7 Å². The highest BCUT2D eigenvalue weighted by Crippen LogP contribution is 2.22. The zero-order valence-electron chi connectivity index (χ0n) is 15.9.